The van der Waals surface area contributed by atoms with Crippen molar-refractivity contribution in [3.05, 3.63) is 35.9 Å². The molecule has 1 aromatic rings. The van der Waals surface area contributed by atoms with Gasteiger partial charge in [-0.25, -0.2) is 0 Å². The number of hydrogen-bond donors (Lipinski definition) is 3. The molecule has 21 heavy (non-hydrogen) atoms. The number of nitrogens with two attached hydrogens (primary N) is 1. The van der Waals surface area contributed by atoms with E-state index < -0.39 is 5.92 Å². The summed E-state index contributed by atoms with van der Waals surface area (Å²) in [5, 5.41) is 15.3. The molecule has 114 valence electrons. The molecule has 1 aliphatic rings. The monoisotopic (exact) mass is 307 g/mol. The molecule has 6 heteroatoms. The molecule has 4 N–H and O–H groups in total. The zero-order chi connectivity index (χ0) is 15.1. The van der Waals surface area contributed by atoms with Crippen LogP contribution in [0.1, 0.15) is 18.4 Å². The average Bonchev–Trinajstić information content (AvgIpc) is 3.04. The number of nitrogens with one attached hydrogen (secondary N) is 1. The molecule has 2 unspecified atom stereocenters. The number of hydrogen-bond acceptors (Lipinski definition) is 4. The molecule has 1 saturated heterocycles. The first-order valence-corrected chi connectivity index (χ1v) is 8.16. The van der Waals surface area contributed by atoms with E-state index in [-0.39, 0.29) is 11.7 Å². The van der Waals surface area contributed by atoms with Crippen molar-refractivity contribution >= 4 is 23.5 Å². The van der Waals surface area contributed by atoms with Crippen LogP contribution in [0.15, 0.2) is 35.5 Å². The summed E-state index contributed by atoms with van der Waals surface area (Å²) in [4.78, 5) is 12.3. The summed E-state index contributed by atoms with van der Waals surface area (Å²) in [5.74, 6) is 0.301. The summed E-state index contributed by atoms with van der Waals surface area (Å²) in [5.41, 5.74) is 6.67. The van der Waals surface area contributed by atoms with Crippen molar-refractivity contribution in [3.63, 3.8) is 0 Å². The molecule has 1 aromatic carbocycles. The summed E-state index contributed by atoms with van der Waals surface area (Å²) in [6, 6.07) is 9.59. The molecule has 0 saturated carbocycles. The first kappa shape index (κ1) is 15.7. The molecule has 0 radical (unpaired) electrons. The SMILES string of the molecule is N/C(=N/O)C(Cc1ccccc1)C(=O)NCC1CCCS1. The van der Waals surface area contributed by atoms with Crippen LogP contribution in [0.2, 0.25) is 0 Å². The third-order valence-electron chi connectivity index (χ3n) is 3.60. The lowest BCUT2D eigenvalue weighted by atomic mass is 9.97. The van der Waals surface area contributed by atoms with Gasteiger partial charge in [-0.3, -0.25) is 4.79 Å². The van der Waals surface area contributed by atoms with Crippen LogP contribution in [-0.2, 0) is 11.2 Å². The normalized spacial score (nSPS) is 20.2. The zero-order valence-electron chi connectivity index (χ0n) is 11.9. The Bertz CT molecular complexity index is 487. The van der Waals surface area contributed by atoms with Gasteiger partial charge in [0, 0.05) is 11.8 Å². The molecule has 1 amide bonds. The minimum atomic E-state index is -0.635. The van der Waals surface area contributed by atoms with E-state index >= 15 is 0 Å². The van der Waals surface area contributed by atoms with Crippen LogP contribution in [-0.4, -0.2) is 34.5 Å². The molecule has 2 atom stereocenters. The Morgan fingerprint density at radius 2 is 2.24 bits per heavy atom. The number of amides is 1. The number of oxime groups is 1. The Hall–Kier alpha value is -1.69. The lowest BCUT2D eigenvalue weighted by molar-refractivity contribution is -0.123. The number of carbonyl (C=O) groups is 1. The van der Waals surface area contributed by atoms with Gasteiger partial charge in [-0.05, 0) is 30.6 Å². The van der Waals surface area contributed by atoms with E-state index in [1.165, 1.54) is 6.42 Å². The van der Waals surface area contributed by atoms with Crippen LogP contribution in [0, 0.1) is 5.92 Å². The molecule has 1 fully saturated rings. The standard InChI is InChI=1S/C15H21N3O2S/c16-14(18-20)13(9-11-5-2-1-3-6-11)15(19)17-10-12-7-4-8-21-12/h1-3,5-6,12-13,20H,4,7-10H2,(H2,16,18)(H,17,19). The highest BCUT2D eigenvalue weighted by Crippen LogP contribution is 2.25. The second-order valence-electron chi connectivity index (χ2n) is 5.15. The highest BCUT2D eigenvalue weighted by molar-refractivity contribution is 8.00. The minimum Gasteiger partial charge on any atom is -0.409 e. The summed E-state index contributed by atoms with van der Waals surface area (Å²) in [6.07, 6.45) is 2.77. The number of benzene rings is 1. The van der Waals surface area contributed by atoms with Gasteiger partial charge in [0.25, 0.3) is 0 Å². The quantitative estimate of drug-likeness (QED) is 0.322. The van der Waals surface area contributed by atoms with Crippen molar-refractivity contribution in [1.29, 1.82) is 0 Å². The maximum Gasteiger partial charge on any atom is 0.231 e. The van der Waals surface area contributed by atoms with E-state index in [0.29, 0.717) is 18.2 Å². The smallest absolute Gasteiger partial charge is 0.231 e. The van der Waals surface area contributed by atoms with Gasteiger partial charge in [-0.2, -0.15) is 11.8 Å². The largest absolute Gasteiger partial charge is 0.409 e. The molecule has 0 spiro atoms. The Morgan fingerprint density at radius 3 is 2.86 bits per heavy atom. The van der Waals surface area contributed by atoms with Gasteiger partial charge < -0.3 is 16.3 Å². The van der Waals surface area contributed by atoms with E-state index in [2.05, 4.69) is 10.5 Å². The molecule has 0 bridgehead atoms. The van der Waals surface area contributed by atoms with Gasteiger partial charge in [0.05, 0.1) is 0 Å². The maximum atomic E-state index is 12.3. The summed E-state index contributed by atoms with van der Waals surface area (Å²) >= 11 is 1.89. The second-order valence-corrected chi connectivity index (χ2v) is 6.56. The van der Waals surface area contributed by atoms with E-state index in [1.54, 1.807) is 0 Å². The molecule has 0 aromatic heterocycles. The first-order valence-electron chi connectivity index (χ1n) is 7.11. The van der Waals surface area contributed by atoms with E-state index in [9.17, 15) is 4.79 Å². The fourth-order valence-corrected chi connectivity index (χ4v) is 3.60. The second kappa shape index (κ2) is 7.93. The fourth-order valence-electron chi connectivity index (χ4n) is 2.39. The lowest BCUT2D eigenvalue weighted by Crippen LogP contribution is -2.42. The number of thioether (sulfide) groups is 1. The van der Waals surface area contributed by atoms with Crippen molar-refractivity contribution in [2.45, 2.75) is 24.5 Å². The molecule has 1 aliphatic heterocycles. The number of rotatable bonds is 6. The highest BCUT2D eigenvalue weighted by atomic mass is 32.2. The average molecular weight is 307 g/mol. The third-order valence-corrected chi connectivity index (χ3v) is 5.00. The summed E-state index contributed by atoms with van der Waals surface area (Å²) in [7, 11) is 0. The van der Waals surface area contributed by atoms with Crippen molar-refractivity contribution in [3.8, 4) is 0 Å². The van der Waals surface area contributed by atoms with Crippen molar-refractivity contribution in [2.24, 2.45) is 16.8 Å². The van der Waals surface area contributed by atoms with Crippen LogP contribution in [0.25, 0.3) is 0 Å². The first-order chi connectivity index (χ1) is 10.2. The van der Waals surface area contributed by atoms with Gasteiger partial charge in [0.1, 0.15) is 5.92 Å². The Balaban J connectivity index is 1.96. The Kier molecular flexibility index (Phi) is 5.92. The topological polar surface area (TPSA) is 87.7 Å². The molecule has 5 nitrogen and oxygen atoms in total. The molecule has 2 rings (SSSR count). The van der Waals surface area contributed by atoms with Crippen LogP contribution in [0.3, 0.4) is 0 Å². The van der Waals surface area contributed by atoms with Crippen LogP contribution in [0.5, 0.6) is 0 Å². The van der Waals surface area contributed by atoms with Gasteiger partial charge in [-0.1, -0.05) is 35.5 Å². The van der Waals surface area contributed by atoms with Crippen molar-refractivity contribution < 1.29 is 10.0 Å². The fraction of sp³-hybridized carbons (Fsp3) is 0.467. The van der Waals surface area contributed by atoms with Crippen molar-refractivity contribution in [1.82, 2.24) is 5.32 Å². The summed E-state index contributed by atoms with van der Waals surface area (Å²) < 4.78 is 0. The molecule has 0 aliphatic carbocycles. The van der Waals surface area contributed by atoms with Gasteiger partial charge in [-0.15, -0.1) is 0 Å². The third kappa shape index (κ3) is 4.67. The maximum absolute atomic E-state index is 12.3. The zero-order valence-corrected chi connectivity index (χ0v) is 12.7. The Morgan fingerprint density at radius 1 is 1.48 bits per heavy atom. The number of carbonyl (C=O) groups excluding carboxylic acids is 1. The number of nitrogens with zero attached hydrogens (tertiary/aromatic N) is 1. The van der Waals surface area contributed by atoms with Gasteiger partial charge in [0.2, 0.25) is 5.91 Å². The summed E-state index contributed by atoms with van der Waals surface area (Å²) in [6.45, 7) is 0.646. The van der Waals surface area contributed by atoms with Gasteiger partial charge >= 0.3 is 0 Å². The Labute approximate surface area is 129 Å². The molecular formula is C15H21N3O2S. The van der Waals surface area contributed by atoms with Crippen LogP contribution >= 0.6 is 11.8 Å². The van der Waals surface area contributed by atoms with E-state index in [4.69, 9.17) is 10.9 Å². The molecule has 1 heterocycles. The van der Waals surface area contributed by atoms with E-state index in [1.807, 2.05) is 42.1 Å². The number of amidine groups is 1. The predicted molar refractivity (Wildman–Crippen MR) is 85.5 cm³/mol. The van der Waals surface area contributed by atoms with Crippen LogP contribution < -0.4 is 11.1 Å². The van der Waals surface area contributed by atoms with E-state index in [0.717, 1.165) is 17.7 Å². The van der Waals surface area contributed by atoms with Gasteiger partial charge in [0.15, 0.2) is 5.84 Å². The van der Waals surface area contributed by atoms with Crippen LogP contribution in [0.4, 0.5) is 0 Å². The van der Waals surface area contributed by atoms with Crippen molar-refractivity contribution in [2.75, 3.05) is 12.3 Å². The predicted octanol–water partition coefficient (Wildman–Crippen LogP) is 1.60. The molecular weight excluding hydrogens is 286 g/mol. The highest BCUT2D eigenvalue weighted by Gasteiger charge is 2.25. The minimum absolute atomic E-state index is 0.0459. The lowest BCUT2D eigenvalue weighted by Gasteiger charge is -2.17.